The molecule has 0 spiro atoms. The maximum atomic E-state index is 5.79. The number of hydrogen-bond donors (Lipinski definition) is 1. The molecule has 0 unspecified atom stereocenters. The Labute approximate surface area is 86.7 Å². The highest BCUT2D eigenvalue weighted by Gasteiger charge is 2.26. The average Bonchev–Trinajstić information content (AvgIpc) is 2.04. The fourth-order valence-corrected chi connectivity index (χ4v) is 4.46. The van der Waals surface area contributed by atoms with Crippen LogP contribution in [0.25, 0.3) is 0 Å². The van der Waals surface area contributed by atoms with Gasteiger partial charge in [-0.3, -0.25) is 0 Å². The Morgan fingerprint density at radius 3 is 2.46 bits per heavy atom. The van der Waals surface area contributed by atoms with Gasteiger partial charge in [0.15, 0.2) is 0 Å². The van der Waals surface area contributed by atoms with Gasteiger partial charge in [0.25, 0.3) is 0 Å². The van der Waals surface area contributed by atoms with E-state index in [4.69, 9.17) is 4.43 Å². The molecule has 0 saturated heterocycles. The lowest BCUT2D eigenvalue weighted by Gasteiger charge is -2.23. The molecular formula is C10H16OSSi. The van der Waals surface area contributed by atoms with Crippen LogP contribution in [0.5, 0.6) is 0 Å². The monoisotopic (exact) mass is 212 g/mol. The molecule has 0 N–H and O–H groups in total. The summed E-state index contributed by atoms with van der Waals surface area (Å²) in [5.74, 6) is 0. The zero-order valence-corrected chi connectivity index (χ0v) is 10.3. The predicted octanol–water partition coefficient (Wildman–Crippen LogP) is 2.42. The van der Waals surface area contributed by atoms with Gasteiger partial charge in [-0.2, -0.15) is 0 Å². The summed E-state index contributed by atoms with van der Waals surface area (Å²) in [7, 11) is -1.70. The van der Waals surface area contributed by atoms with E-state index in [0.29, 0.717) is 0 Å². The Kier molecular flexibility index (Phi) is 3.59. The molecule has 0 bridgehead atoms. The lowest BCUT2D eigenvalue weighted by molar-refractivity contribution is 0.338. The van der Waals surface area contributed by atoms with Crippen LogP contribution in [-0.4, -0.2) is 14.9 Å². The van der Waals surface area contributed by atoms with Gasteiger partial charge in [-0.15, -0.1) is 12.6 Å². The Morgan fingerprint density at radius 2 is 1.92 bits per heavy atom. The molecule has 72 valence electrons. The van der Waals surface area contributed by atoms with Crippen molar-refractivity contribution in [3.63, 3.8) is 0 Å². The quantitative estimate of drug-likeness (QED) is 0.598. The standard InChI is InChI=1S/C10H16OSSi/c1-4-11-13(2,3)10-8-6-5-7-9(10)12/h5-8,12H,4H2,1-3H3. The van der Waals surface area contributed by atoms with Crippen LogP contribution < -0.4 is 5.19 Å². The molecule has 1 aromatic carbocycles. The van der Waals surface area contributed by atoms with Gasteiger partial charge in [0, 0.05) is 11.5 Å². The molecule has 0 saturated carbocycles. The van der Waals surface area contributed by atoms with Crippen molar-refractivity contribution in [2.24, 2.45) is 0 Å². The van der Waals surface area contributed by atoms with Crippen LogP contribution in [0, 0.1) is 0 Å². The van der Waals surface area contributed by atoms with E-state index in [1.807, 2.05) is 25.1 Å². The van der Waals surface area contributed by atoms with Crippen molar-refractivity contribution < 1.29 is 4.43 Å². The van der Waals surface area contributed by atoms with Gasteiger partial charge in [0.1, 0.15) is 0 Å². The predicted molar refractivity (Wildman–Crippen MR) is 62.4 cm³/mol. The first-order chi connectivity index (χ1) is 6.08. The van der Waals surface area contributed by atoms with Gasteiger partial charge in [-0.25, -0.2) is 0 Å². The summed E-state index contributed by atoms with van der Waals surface area (Å²) in [6.07, 6.45) is 0. The Balaban J connectivity index is 2.99. The lowest BCUT2D eigenvalue weighted by atomic mass is 10.4. The summed E-state index contributed by atoms with van der Waals surface area (Å²) in [5, 5.41) is 1.28. The van der Waals surface area contributed by atoms with Crippen molar-refractivity contribution in [1.29, 1.82) is 0 Å². The molecule has 0 aromatic heterocycles. The third-order valence-electron chi connectivity index (χ3n) is 2.06. The van der Waals surface area contributed by atoms with Crippen molar-refractivity contribution in [1.82, 2.24) is 0 Å². The first-order valence-electron chi connectivity index (χ1n) is 4.50. The van der Waals surface area contributed by atoms with Crippen molar-refractivity contribution in [2.45, 2.75) is 24.9 Å². The van der Waals surface area contributed by atoms with Crippen LogP contribution in [0.4, 0.5) is 0 Å². The third kappa shape index (κ3) is 2.59. The zero-order valence-electron chi connectivity index (χ0n) is 8.37. The van der Waals surface area contributed by atoms with E-state index in [9.17, 15) is 0 Å². The summed E-state index contributed by atoms with van der Waals surface area (Å²) in [4.78, 5) is 1.05. The van der Waals surface area contributed by atoms with E-state index >= 15 is 0 Å². The first-order valence-corrected chi connectivity index (χ1v) is 7.86. The van der Waals surface area contributed by atoms with Gasteiger partial charge < -0.3 is 4.43 Å². The van der Waals surface area contributed by atoms with E-state index in [1.165, 1.54) is 5.19 Å². The number of rotatable bonds is 3. The number of thiol groups is 1. The maximum absolute atomic E-state index is 5.79. The van der Waals surface area contributed by atoms with Crippen LogP contribution >= 0.6 is 12.6 Å². The molecule has 0 atom stereocenters. The minimum absolute atomic E-state index is 0.779. The van der Waals surface area contributed by atoms with Gasteiger partial charge >= 0.3 is 0 Å². The van der Waals surface area contributed by atoms with E-state index in [2.05, 4.69) is 31.8 Å². The van der Waals surface area contributed by atoms with Crippen molar-refractivity contribution in [2.75, 3.05) is 6.61 Å². The maximum Gasteiger partial charge on any atom is 0.219 e. The van der Waals surface area contributed by atoms with Crippen LogP contribution in [0.3, 0.4) is 0 Å². The smallest absolute Gasteiger partial charge is 0.219 e. The summed E-state index contributed by atoms with van der Waals surface area (Å²) in [5.41, 5.74) is 0. The molecule has 0 aliphatic heterocycles. The highest BCUT2D eigenvalue weighted by atomic mass is 32.1. The topological polar surface area (TPSA) is 9.23 Å². The van der Waals surface area contributed by atoms with Gasteiger partial charge in [-0.1, -0.05) is 18.2 Å². The summed E-state index contributed by atoms with van der Waals surface area (Å²) in [6.45, 7) is 7.22. The molecule has 0 heterocycles. The largest absolute Gasteiger partial charge is 0.413 e. The summed E-state index contributed by atoms with van der Waals surface area (Å²) >= 11 is 4.44. The average molecular weight is 212 g/mol. The summed E-state index contributed by atoms with van der Waals surface area (Å²) in [6, 6.07) is 8.18. The molecule has 1 aromatic rings. The normalized spacial score (nSPS) is 11.7. The first kappa shape index (κ1) is 10.8. The van der Waals surface area contributed by atoms with E-state index in [1.54, 1.807) is 0 Å². The molecule has 0 amide bonds. The number of hydrogen-bond acceptors (Lipinski definition) is 2. The summed E-state index contributed by atoms with van der Waals surface area (Å²) < 4.78 is 5.79. The van der Waals surface area contributed by atoms with Crippen molar-refractivity contribution >= 4 is 26.1 Å². The second kappa shape index (κ2) is 4.31. The minimum Gasteiger partial charge on any atom is -0.413 e. The molecule has 0 aliphatic rings. The minimum atomic E-state index is -1.70. The highest BCUT2D eigenvalue weighted by Crippen LogP contribution is 2.11. The zero-order chi connectivity index (χ0) is 9.90. The lowest BCUT2D eigenvalue weighted by Crippen LogP contribution is -2.45. The third-order valence-corrected chi connectivity index (χ3v) is 5.40. The van der Waals surface area contributed by atoms with E-state index < -0.39 is 8.32 Å². The fourth-order valence-electron chi connectivity index (χ4n) is 1.42. The molecule has 0 radical (unpaired) electrons. The second-order valence-electron chi connectivity index (χ2n) is 3.46. The Hall–Kier alpha value is -0.253. The molecule has 1 nitrogen and oxygen atoms in total. The van der Waals surface area contributed by atoms with Gasteiger partial charge in [-0.05, 0) is 31.3 Å². The molecule has 0 fully saturated rings. The number of benzene rings is 1. The van der Waals surface area contributed by atoms with Crippen LogP contribution in [0.2, 0.25) is 13.1 Å². The molecule has 0 aliphatic carbocycles. The van der Waals surface area contributed by atoms with E-state index in [-0.39, 0.29) is 0 Å². The van der Waals surface area contributed by atoms with Crippen molar-refractivity contribution in [3.05, 3.63) is 24.3 Å². The second-order valence-corrected chi connectivity index (χ2v) is 7.79. The molecule has 1 rings (SSSR count). The highest BCUT2D eigenvalue weighted by molar-refractivity contribution is 7.80. The Bertz CT molecular complexity index is 286. The van der Waals surface area contributed by atoms with Crippen LogP contribution in [0.1, 0.15) is 6.92 Å². The van der Waals surface area contributed by atoms with Gasteiger partial charge in [0.05, 0.1) is 0 Å². The molecule has 13 heavy (non-hydrogen) atoms. The molecule has 3 heteroatoms. The molecular weight excluding hydrogens is 196 g/mol. The SMILES string of the molecule is CCO[Si](C)(C)c1ccccc1S. The van der Waals surface area contributed by atoms with Crippen LogP contribution in [0.15, 0.2) is 29.2 Å². The fraction of sp³-hybridized carbons (Fsp3) is 0.400. The van der Waals surface area contributed by atoms with E-state index in [0.717, 1.165) is 11.5 Å². The van der Waals surface area contributed by atoms with Crippen LogP contribution in [-0.2, 0) is 4.43 Å². The van der Waals surface area contributed by atoms with Gasteiger partial charge in [0.2, 0.25) is 8.32 Å². The van der Waals surface area contributed by atoms with Crippen molar-refractivity contribution in [3.8, 4) is 0 Å². The Morgan fingerprint density at radius 1 is 1.31 bits per heavy atom.